The molecule has 2 amide bonds. The van der Waals surface area contributed by atoms with Gasteiger partial charge in [-0.2, -0.15) is 18.4 Å². The zero-order valence-corrected chi connectivity index (χ0v) is 17.7. The highest BCUT2D eigenvalue weighted by atomic mass is 19.4. The van der Waals surface area contributed by atoms with Crippen LogP contribution in [0.15, 0.2) is 42.6 Å². The van der Waals surface area contributed by atoms with Crippen molar-refractivity contribution in [1.29, 1.82) is 5.26 Å². The molecule has 33 heavy (non-hydrogen) atoms. The summed E-state index contributed by atoms with van der Waals surface area (Å²) in [5, 5.41) is 9.01. The van der Waals surface area contributed by atoms with Gasteiger partial charge in [0.15, 0.2) is 0 Å². The Bertz CT molecular complexity index is 1110. The average Bonchev–Trinajstić information content (AvgIpc) is 3.18. The van der Waals surface area contributed by atoms with Crippen LogP contribution in [0.5, 0.6) is 0 Å². The minimum absolute atomic E-state index is 0.232. The van der Waals surface area contributed by atoms with Crippen molar-refractivity contribution in [2.75, 3.05) is 24.5 Å². The van der Waals surface area contributed by atoms with Crippen LogP contribution >= 0.6 is 0 Å². The molecular weight excluding hydrogens is 435 g/mol. The summed E-state index contributed by atoms with van der Waals surface area (Å²) in [5.41, 5.74) is 4.51. The molecule has 1 unspecified atom stereocenters. The predicted octanol–water partition coefficient (Wildman–Crippen LogP) is 2.96. The van der Waals surface area contributed by atoms with Crippen molar-refractivity contribution in [3.63, 3.8) is 0 Å². The molecule has 0 radical (unpaired) electrons. The number of aromatic nitrogens is 1. The SMILES string of the molecule is N#Cc1ccc(N2CCC3(CC2)CC(C(N)=O)N(C(=O)c2ccccn2)C3)cc1C(F)(F)F. The minimum Gasteiger partial charge on any atom is -0.371 e. The monoisotopic (exact) mass is 457 g/mol. The molecule has 2 fully saturated rings. The number of nitrogens with two attached hydrogens (primary N) is 1. The second kappa shape index (κ2) is 8.39. The average molecular weight is 457 g/mol. The molecule has 0 bridgehead atoms. The maximum Gasteiger partial charge on any atom is 0.417 e. The van der Waals surface area contributed by atoms with Gasteiger partial charge in [-0.05, 0) is 55.0 Å². The fourth-order valence-electron chi connectivity index (χ4n) is 4.82. The van der Waals surface area contributed by atoms with Crippen molar-refractivity contribution >= 4 is 17.5 Å². The number of halogens is 3. The van der Waals surface area contributed by atoms with E-state index in [9.17, 15) is 22.8 Å². The lowest BCUT2D eigenvalue weighted by Crippen LogP contribution is -2.44. The summed E-state index contributed by atoms with van der Waals surface area (Å²) in [4.78, 5) is 32.5. The summed E-state index contributed by atoms with van der Waals surface area (Å²) in [6.45, 7) is 1.26. The third kappa shape index (κ3) is 4.35. The number of carbonyl (C=O) groups is 2. The Morgan fingerprint density at radius 3 is 2.48 bits per heavy atom. The topological polar surface area (TPSA) is 103 Å². The third-order valence-electron chi connectivity index (χ3n) is 6.60. The van der Waals surface area contributed by atoms with E-state index in [2.05, 4.69) is 4.98 Å². The van der Waals surface area contributed by atoms with E-state index < -0.39 is 29.3 Å². The summed E-state index contributed by atoms with van der Waals surface area (Å²) in [5.74, 6) is -0.943. The van der Waals surface area contributed by atoms with Gasteiger partial charge in [0.05, 0.1) is 17.2 Å². The maximum absolute atomic E-state index is 13.3. The Morgan fingerprint density at radius 1 is 1.18 bits per heavy atom. The normalized spacial score (nSPS) is 20.0. The highest BCUT2D eigenvalue weighted by Gasteiger charge is 2.49. The molecule has 1 aromatic heterocycles. The Kier molecular flexibility index (Phi) is 5.74. The van der Waals surface area contributed by atoms with Gasteiger partial charge in [-0.1, -0.05) is 6.07 Å². The van der Waals surface area contributed by atoms with Gasteiger partial charge in [0.1, 0.15) is 11.7 Å². The molecule has 10 heteroatoms. The molecule has 1 atom stereocenters. The molecule has 2 aliphatic rings. The van der Waals surface area contributed by atoms with E-state index in [1.165, 1.54) is 23.2 Å². The van der Waals surface area contributed by atoms with Crippen molar-refractivity contribution in [3.05, 3.63) is 59.4 Å². The number of anilines is 1. The van der Waals surface area contributed by atoms with Crippen LogP contribution in [-0.2, 0) is 11.0 Å². The fourth-order valence-corrected chi connectivity index (χ4v) is 4.82. The number of rotatable bonds is 3. The van der Waals surface area contributed by atoms with Gasteiger partial charge in [0.2, 0.25) is 5.91 Å². The summed E-state index contributed by atoms with van der Waals surface area (Å²) in [6, 6.07) is 9.52. The van der Waals surface area contributed by atoms with E-state index in [0.29, 0.717) is 44.6 Å². The molecular formula is C23H22F3N5O2. The van der Waals surface area contributed by atoms with E-state index in [4.69, 9.17) is 11.0 Å². The Morgan fingerprint density at radius 2 is 1.91 bits per heavy atom. The molecule has 0 aliphatic carbocycles. The highest BCUT2D eigenvalue weighted by molar-refractivity contribution is 5.96. The van der Waals surface area contributed by atoms with Crippen LogP contribution in [0.3, 0.4) is 0 Å². The van der Waals surface area contributed by atoms with E-state index in [0.717, 1.165) is 6.07 Å². The van der Waals surface area contributed by atoms with Crippen LogP contribution in [-0.4, -0.2) is 47.4 Å². The molecule has 2 aromatic rings. The third-order valence-corrected chi connectivity index (χ3v) is 6.60. The number of pyridine rings is 1. The van der Waals surface area contributed by atoms with Crippen LogP contribution in [0, 0.1) is 16.7 Å². The Labute approximate surface area is 188 Å². The zero-order chi connectivity index (χ0) is 23.8. The van der Waals surface area contributed by atoms with E-state index in [-0.39, 0.29) is 17.0 Å². The second-order valence-corrected chi connectivity index (χ2v) is 8.60. The molecule has 1 spiro atoms. The van der Waals surface area contributed by atoms with Crippen LogP contribution in [0.25, 0.3) is 0 Å². The number of alkyl halides is 3. The smallest absolute Gasteiger partial charge is 0.371 e. The molecule has 3 heterocycles. The maximum atomic E-state index is 13.3. The van der Waals surface area contributed by atoms with Gasteiger partial charge in [-0.15, -0.1) is 0 Å². The predicted molar refractivity (Wildman–Crippen MR) is 113 cm³/mol. The largest absolute Gasteiger partial charge is 0.417 e. The van der Waals surface area contributed by atoms with E-state index in [1.807, 2.05) is 4.90 Å². The molecule has 7 nitrogen and oxygen atoms in total. The number of hydrogen-bond donors (Lipinski definition) is 1. The lowest BCUT2D eigenvalue weighted by Gasteiger charge is -2.40. The quantitative estimate of drug-likeness (QED) is 0.763. The first-order valence-electron chi connectivity index (χ1n) is 10.5. The number of piperidine rings is 1. The van der Waals surface area contributed by atoms with Crippen molar-refractivity contribution < 1.29 is 22.8 Å². The molecule has 1 aromatic carbocycles. The molecule has 4 rings (SSSR count). The summed E-state index contributed by atoms with van der Waals surface area (Å²) in [7, 11) is 0. The summed E-state index contributed by atoms with van der Waals surface area (Å²) < 4.78 is 40.0. The Hall–Kier alpha value is -3.61. The number of carbonyl (C=O) groups excluding carboxylic acids is 2. The lowest BCUT2D eigenvalue weighted by atomic mass is 9.76. The summed E-state index contributed by atoms with van der Waals surface area (Å²) >= 11 is 0. The van der Waals surface area contributed by atoms with E-state index >= 15 is 0 Å². The number of likely N-dealkylation sites (tertiary alicyclic amines) is 1. The first-order valence-corrected chi connectivity index (χ1v) is 10.5. The van der Waals surface area contributed by atoms with Gasteiger partial charge >= 0.3 is 6.18 Å². The van der Waals surface area contributed by atoms with Gasteiger partial charge in [0.25, 0.3) is 5.91 Å². The molecule has 2 aliphatic heterocycles. The van der Waals surface area contributed by atoms with Gasteiger partial charge in [-0.3, -0.25) is 14.6 Å². The minimum atomic E-state index is -4.62. The Balaban J connectivity index is 1.52. The number of nitriles is 1. The highest BCUT2D eigenvalue weighted by Crippen LogP contribution is 2.45. The van der Waals surface area contributed by atoms with Gasteiger partial charge in [-0.25, -0.2) is 0 Å². The van der Waals surface area contributed by atoms with Crippen LogP contribution in [0.2, 0.25) is 0 Å². The van der Waals surface area contributed by atoms with Crippen LogP contribution < -0.4 is 10.6 Å². The number of nitrogens with zero attached hydrogens (tertiary/aromatic N) is 4. The van der Waals surface area contributed by atoms with Crippen molar-refractivity contribution in [3.8, 4) is 6.07 Å². The number of hydrogen-bond acceptors (Lipinski definition) is 5. The van der Waals surface area contributed by atoms with Crippen LogP contribution in [0.4, 0.5) is 18.9 Å². The fraction of sp³-hybridized carbons (Fsp3) is 0.391. The first-order chi connectivity index (χ1) is 15.6. The van der Waals surface area contributed by atoms with Crippen molar-refractivity contribution in [2.24, 2.45) is 11.1 Å². The van der Waals surface area contributed by atoms with E-state index in [1.54, 1.807) is 24.3 Å². The zero-order valence-electron chi connectivity index (χ0n) is 17.7. The summed E-state index contributed by atoms with van der Waals surface area (Å²) in [6.07, 6.45) is -1.53. The second-order valence-electron chi connectivity index (χ2n) is 8.60. The number of amides is 2. The van der Waals surface area contributed by atoms with Crippen LogP contribution in [0.1, 0.15) is 40.9 Å². The van der Waals surface area contributed by atoms with Crippen molar-refractivity contribution in [1.82, 2.24) is 9.88 Å². The lowest BCUT2D eigenvalue weighted by molar-refractivity contribution is -0.137. The molecule has 2 N–H and O–H groups in total. The van der Waals surface area contributed by atoms with Gasteiger partial charge < -0.3 is 15.5 Å². The standard InChI is InChI=1S/C23H22F3N5O2/c24-23(25,26)17-11-16(5-4-15(17)13-27)30-9-6-22(7-10-30)12-19(20(28)32)31(14-22)21(33)18-3-1-2-8-29-18/h1-5,8,11,19H,6-7,9-10,12,14H2,(H2,28,32). The van der Waals surface area contributed by atoms with Gasteiger partial charge in [0, 0.05) is 31.5 Å². The molecule has 172 valence electrons. The van der Waals surface area contributed by atoms with Crippen molar-refractivity contribution in [2.45, 2.75) is 31.5 Å². The number of benzene rings is 1. The number of primary amides is 1. The first kappa shape index (κ1) is 22.6. The molecule has 0 saturated carbocycles. The molecule has 2 saturated heterocycles.